The van der Waals surface area contributed by atoms with Crippen molar-refractivity contribution in [2.24, 2.45) is 0 Å². The molecule has 0 bridgehead atoms. The molecule has 132 valence electrons. The Morgan fingerprint density at radius 1 is 1.24 bits per heavy atom. The zero-order chi connectivity index (χ0) is 17.8. The molecule has 1 unspecified atom stereocenters. The van der Waals surface area contributed by atoms with E-state index in [1.807, 2.05) is 30.5 Å². The highest BCUT2D eigenvalue weighted by atomic mass is 16.2. The molecule has 1 saturated heterocycles. The normalized spacial score (nSPS) is 17.8. The molecule has 6 nitrogen and oxygen atoms in total. The van der Waals surface area contributed by atoms with Crippen LogP contribution in [0.3, 0.4) is 0 Å². The summed E-state index contributed by atoms with van der Waals surface area (Å²) in [6, 6.07) is 8.86. The number of piperazine rings is 1. The van der Waals surface area contributed by atoms with Gasteiger partial charge in [0, 0.05) is 32.5 Å². The molecule has 1 atom stereocenters. The Balaban J connectivity index is 1.93. The quantitative estimate of drug-likeness (QED) is 0.839. The molecule has 6 heteroatoms. The van der Waals surface area contributed by atoms with Gasteiger partial charge in [0.1, 0.15) is 6.04 Å². The molecule has 0 N–H and O–H groups in total. The van der Waals surface area contributed by atoms with E-state index in [1.54, 1.807) is 33.8 Å². The highest BCUT2D eigenvalue weighted by molar-refractivity contribution is 6.00. The molecule has 2 amide bonds. The van der Waals surface area contributed by atoms with E-state index in [2.05, 4.69) is 12.0 Å². The van der Waals surface area contributed by atoms with Gasteiger partial charge in [-0.15, -0.1) is 0 Å². The van der Waals surface area contributed by atoms with Gasteiger partial charge in [0.2, 0.25) is 5.91 Å². The van der Waals surface area contributed by atoms with Crippen LogP contribution in [0.5, 0.6) is 0 Å². The van der Waals surface area contributed by atoms with E-state index in [0.29, 0.717) is 25.1 Å². The van der Waals surface area contributed by atoms with Crippen LogP contribution in [0.2, 0.25) is 0 Å². The van der Waals surface area contributed by atoms with Gasteiger partial charge < -0.3 is 9.80 Å². The summed E-state index contributed by atoms with van der Waals surface area (Å²) < 4.78 is 1.69. The molecule has 3 rings (SSSR count). The second-order valence-corrected chi connectivity index (χ2v) is 6.38. The SMILES string of the molecule is CCCCC1C(=O)N(C)CCN1C(=O)c1ccccc1-n1cccn1. The van der Waals surface area contributed by atoms with Crippen LogP contribution < -0.4 is 0 Å². The summed E-state index contributed by atoms with van der Waals surface area (Å²) in [6.45, 7) is 3.22. The molecule has 1 aliphatic rings. The Kier molecular flexibility index (Phi) is 5.16. The third kappa shape index (κ3) is 3.43. The molecule has 1 aromatic heterocycles. The first kappa shape index (κ1) is 17.2. The van der Waals surface area contributed by atoms with Crippen LogP contribution in [0.4, 0.5) is 0 Å². The monoisotopic (exact) mass is 340 g/mol. The average molecular weight is 340 g/mol. The number of rotatable bonds is 5. The summed E-state index contributed by atoms with van der Waals surface area (Å²) in [5.41, 5.74) is 1.31. The number of amides is 2. The lowest BCUT2D eigenvalue weighted by Gasteiger charge is -2.39. The molecule has 0 saturated carbocycles. The molecule has 1 aliphatic heterocycles. The van der Waals surface area contributed by atoms with Crippen LogP contribution in [0.25, 0.3) is 5.69 Å². The van der Waals surface area contributed by atoms with Crippen molar-refractivity contribution in [1.29, 1.82) is 0 Å². The maximum absolute atomic E-state index is 13.3. The summed E-state index contributed by atoms with van der Waals surface area (Å²) in [5.74, 6) is -0.0710. The third-order valence-corrected chi connectivity index (χ3v) is 4.69. The first-order valence-corrected chi connectivity index (χ1v) is 8.78. The number of hydrogen-bond donors (Lipinski definition) is 0. The van der Waals surface area contributed by atoms with Crippen LogP contribution in [0.15, 0.2) is 42.7 Å². The molecule has 1 aromatic carbocycles. The first-order chi connectivity index (χ1) is 12.1. The number of para-hydroxylation sites is 1. The molecule has 0 radical (unpaired) electrons. The Morgan fingerprint density at radius 3 is 2.76 bits per heavy atom. The minimum atomic E-state index is -0.378. The number of unbranched alkanes of at least 4 members (excludes halogenated alkanes) is 1. The van der Waals surface area contributed by atoms with Crippen molar-refractivity contribution in [3.63, 3.8) is 0 Å². The van der Waals surface area contributed by atoms with Crippen LogP contribution in [0, 0.1) is 0 Å². The van der Waals surface area contributed by atoms with Gasteiger partial charge in [0.05, 0.1) is 11.3 Å². The van der Waals surface area contributed by atoms with Gasteiger partial charge in [0.15, 0.2) is 0 Å². The van der Waals surface area contributed by atoms with Gasteiger partial charge in [0.25, 0.3) is 5.91 Å². The second-order valence-electron chi connectivity index (χ2n) is 6.38. The lowest BCUT2D eigenvalue weighted by atomic mass is 10.0. The lowest BCUT2D eigenvalue weighted by Crippen LogP contribution is -2.57. The zero-order valence-electron chi connectivity index (χ0n) is 14.8. The number of hydrogen-bond acceptors (Lipinski definition) is 3. The first-order valence-electron chi connectivity index (χ1n) is 8.78. The van der Waals surface area contributed by atoms with Gasteiger partial charge in [-0.25, -0.2) is 4.68 Å². The molecule has 25 heavy (non-hydrogen) atoms. The van der Waals surface area contributed by atoms with E-state index in [0.717, 1.165) is 18.5 Å². The Bertz CT molecular complexity index is 742. The van der Waals surface area contributed by atoms with Crippen molar-refractivity contribution in [2.45, 2.75) is 32.2 Å². The Hall–Kier alpha value is -2.63. The highest BCUT2D eigenvalue weighted by Gasteiger charge is 2.36. The van der Waals surface area contributed by atoms with Gasteiger partial charge in [-0.05, 0) is 24.6 Å². The van der Waals surface area contributed by atoms with Crippen molar-refractivity contribution in [1.82, 2.24) is 19.6 Å². The minimum Gasteiger partial charge on any atom is -0.342 e. The van der Waals surface area contributed by atoms with E-state index in [4.69, 9.17) is 0 Å². The summed E-state index contributed by atoms with van der Waals surface area (Å²) in [6.07, 6.45) is 6.13. The number of benzene rings is 1. The summed E-state index contributed by atoms with van der Waals surface area (Å²) >= 11 is 0. The maximum atomic E-state index is 13.3. The third-order valence-electron chi connectivity index (χ3n) is 4.69. The maximum Gasteiger partial charge on any atom is 0.256 e. The number of carbonyl (C=O) groups excluding carboxylic acids is 2. The minimum absolute atomic E-state index is 0.0321. The predicted octanol–water partition coefficient (Wildman–Crippen LogP) is 2.35. The summed E-state index contributed by atoms with van der Waals surface area (Å²) in [7, 11) is 1.81. The van der Waals surface area contributed by atoms with Crippen molar-refractivity contribution < 1.29 is 9.59 Å². The molecule has 2 heterocycles. The van der Waals surface area contributed by atoms with Crippen molar-refractivity contribution in [3.05, 3.63) is 48.3 Å². The van der Waals surface area contributed by atoms with Crippen LogP contribution in [-0.4, -0.2) is 57.6 Å². The van der Waals surface area contributed by atoms with E-state index >= 15 is 0 Å². The van der Waals surface area contributed by atoms with Crippen molar-refractivity contribution in [2.75, 3.05) is 20.1 Å². The average Bonchev–Trinajstić information content (AvgIpc) is 3.17. The van der Waals surface area contributed by atoms with Gasteiger partial charge in [-0.3, -0.25) is 9.59 Å². The number of likely N-dealkylation sites (N-methyl/N-ethyl adjacent to an activating group) is 1. The van der Waals surface area contributed by atoms with Crippen LogP contribution >= 0.6 is 0 Å². The highest BCUT2D eigenvalue weighted by Crippen LogP contribution is 2.22. The fraction of sp³-hybridized carbons (Fsp3) is 0.421. The Labute approximate surface area is 148 Å². The van der Waals surface area contributed by atoms with Crippen molar-refractivity contribution in [3.8, 4) is 5.69 Å². The smallest absolute Gasteiger partial charge is 0.256 e. The molecule has 0 spiro atoms. The van der Waals surface area contributed by atoms with Gasteiger partial charge in [-0.1, -0.05) is 31.9 Å². The van der Waals surface area contributed by atoms with E-state index in [9.17, 15) is 9.59 Å². The zero-order valence-corrected chi connectivity index (χ0v) is 14.8. The van der Waals surface area contributed by atoms with Crippen molar-refractivity contribution >= 4 is 11.8 Å². The fourth-order valence-corrected chi connectivity index (χ4v) is 3.25. The predicted molar refractivity (Wildman–Crippen MR) is 95.6 cm³/mol. The molecular formula is C19H24N4O2. The summed E-state index contributed by atoms with van der Waals surface area (Å²) in [4.78, 5) is 29.3. The molecule has 1 fully saturated rings. The van der Waals surface area contributed by atoms with Gasteiger partial charge >= 0.3 is 0 Å². The molecule has 0 aliphatic carbocycles. The standard InChI is InChI=1S/C19H24N4O2/c1-3-4-9-17-19(25)21(2)13-14-22(17)18(24)15-8-5-6-10-16(15)23-12-7-11-20-23/h5-8,10-12,17H,3-4,9,13-14H2,1-2H3. The Morgan fingerprint density at radius 2 is 2.04 bits per heavy atom. The second kappa shape index (κ2) is 7.51. The number of aromatic nitrogens is 2. The molecule has 2 aromatic rings. The van der Waals surface area contributed by atoms with Gasteiger partial charge in [-0.2, -0.15) is 5.10 Å². The fourth-order valence-electron chi connectivity index (χ4n) is 3.25. The number of carbonyl (C=O) groups is 2. The van der Waals surface area contributed by atoms with E-state index < -0.39 is 0 Å². The van der Waals surface area contributed by atoms with Crippen LogP contribution in [-0.2, 0) is 4.79 Å². The van der Waals surface area contributed by atoms with Crippen LogP contribution in [0.1, 0.15) is 36.5 Å². The van der Waals surface area contributed by atoms with E-state index in [-0.39, 0.29) is 17.9 Å². The summed E-state index contributed by atoms with van der Waals surface area (Å²) in [5, 5.41) is 4.24. The molecular weight excluding hydrogens is 316 g/mol. The largest absolute Gasteiger partial charge is 0.342 e. The topological polar surface area (TPSA) is 58.4 Å². The number of nitrogens with zero attached hydrogens (tertiary/aromatic N) is 4. The lowest BCUT2D eigenvalue weighted by molar-refractivity contribution is -0.138. The van der Waals surface area contributed by atoms with E-state index in [1.165, 1.54) is 0 Å².